The summed E-state index contributed by atoms with van der Waals surface area (Å²) in [5, 5.41) is 14.3. The van der Waals surface area contributed by atoms with Gasteiger partial charge in [0.15, 0.2) is 0 Å². The van der Waals surface area contributed by atoms with Crippen molar-refractivity contribution in [1.29, 1.82) is 0 Å². The summed E-state index contributed by atoms with van der Waals surface area (Å²) in [5.41, 5.74) is -0.0648. The molecule has 30 heavy (non-hydrogen) atoms. The molecular weight excluding hydrogens is 391 g/mol. The van der Waals surface area contributed by atoms with E-state index in [-0.39, 0.29) is 28.1 Å². The Labute approximate surface area is 171 Å². The molecule has 3 N–H and O–H groups in total. The van der Waals surface area contributed by atoms with Crippen LogP contribution in [0.4, 0.5) is 15.8 Å². The zero-order chi connectivity index (χ0) is 21.7. The van der Waals surface area contributed by atoms with Crippen LogP contribution in [0.2, 0.25) is 0 Å². The maximum Gasteiger partial charge on any atom is 0.337 e. The molecule has 8 heteroatoms. The Morgan fingerprint density at radius 3 is 2.07 bits per heavy atom. The molecule has 0 saturated carbocycles. The highest BCUT2D eigenvalue weighted by Crippen LogP contribution is 2.25. The van der Waals surface area contributed by atoms with Gasteiger partial charge in [0.05, 0.1) is 35.2 Å². The van der Waals surface area contributed by atoms with E-state index < -0.39 is 23.6 Å². The summed E-state index contributed by atoms with van der Waals surface area (Å²) in [7, 11) is 1.42. The van der Waals surface area contributed by atoms with Gasteiger partial charge in [0.1, 0.15) is 11.6 Å². The van der Waals surface area contributed by atoms with Gasteiger partial charge in [-0.15, -0.1) is 0 Å². The van der Waals surface area contributed by atoms with Crippen LogP contribution < -0.4 is 15.4 Å². The third-order valence-electron chi connectivity index (χ3n) is 4.24. The minimum Gasteiger partial charge on any atom is -0.497 e. The van der Waals surface area contributed by atoms with Crippen molar-refractivity contribution in [3.63, 3.8) is 0 Å². The Hall–Kier alpha value is -4.20. The normalized spacial score (nSPS) is 10.2. The molecule has 3 aromatic carbocycles. The number of benzene rings is 3. The van der Waals surface area contributed by atoms with Gasteiger partial charge in [0, 0.05) is 6.07 Å². The van der Waals surface area contributed by atoms with E-state index in [2.05, 4.69) is 10.6 Å². The molecule has 3 rings (SSSR count). The second-order valence-corrected chi connectivity index (χ2v) is 6.15. The van der Waals surface area contributed by atoms with Crippen LogP contribution in [-0.2, 0) is 0 Å². The standard InChI is InChI=1S/C22H17FN2O5/c1-30-13-10-11-15(21(27)24-18-9-5-3-7-16(18)22(28)29)19(12-13)25-20(26)14-6-2-4-8-17(14)23/h2-12H,1H3,(H,24,27)(H,25,26)(H,28,29). The van der Waals surface area contributed by atoms with Gasteiger partial charge in [-0.3, -0.25) is 9.59 Å². The summed E-state index contributed by atoms with van der Waals surface area (Å²) in [6, 6.07) is 15.7. The van der Waals surface area contributed by atoms with E-state index in [0.29, 0.717) is 5.75 Å². The SMILES string of the molecule is COc1ccc(C(=O)Nc2ccccc2C(=O)O)c(NC(=O)c2ccccc2F)c1. The number of carbonyl (C=O) groups excluding carboxylic acids is 2. The Morgan fingerprint density at radius 1 is 0.800 bits per heavy atom. The van der Waals surface area contributed by atoms with Crippen LogP contribution in [0.5, 0.6) is 5.75 Å². The highest BCUT2D eigenvalue weighted by atomic mass is 19.1. The van der Waals surface area contributed by atoms with Gasteiger partial charge in [-0.25, -0.2) is 9.18 Å². The number of anilines is 2. The summed E-state index contributed by atoms with van der Waals surface area (Å²) in [6.07, 6.45) is 0. The van der Waals surface area contributed by atoms with E-state index >= 15 is 0 Å². The Bertz CT molecular complexity index is 1130. The number of hydrogen-bond donors (Lipinski definition) is 3. The van der Waals surface area contributed by atoms with Crippen LogP contribution >= 0.6 is 0 Å². The van der Waals surface area contributed by atoms with Crippen LogP contribution in [0.3, 0.4) is 0 Å². The largest absolute Gasteiger partial charge is 0.497 e. The highest BCUT2D eigenvalue weighted by molar-refractivity contribution is 6.14. The number of carboxylic acids is 1. The Balaban J connectivity index is 1.94. The van der Waals surface area contributed by atoms with Gasteiger partial charge in [-0.1, -0.05) is 24.3 Å². The predicted octanol–water partition coefficient (Wildman–Crippen LogP) is 4.04. The molecule has 0 aliphatic rings. The van der Waals surface area contributed by atoms with E-state index in [9.17, 15) is 23.9 Å². The lowest BCUT2D eigenvalue weighted by atomic mass is 10.1. The van der Waals surface area contributed by atoms with Gasteiger partial charge in [-0.05, 0) is 36.4 Å². The highest BCUT2D eigenvalue weighted by Gasteiger charge is 2.19. The predicted molar refractivity (Wildman–Crippen MR) is 109 cm³/mol. The van der Waals surface area contributed by atoms with Gasteiger partial charge in [0.2, 0.25) is 0 Å². The third kappa shape index (κ3) is 4.44. The van der Waals surface area contributed by atoms with E-state index in [1.807, 2.05) is 0 Å². The van der Waals surface area contributed by atoms with Crippen molar-refractivity contribution in [2.45, 2.75) is 0 Å². The molecule has 0 aliphatic heterocycles. The van der Waals surface area contributed by atoms with Gasteiger partial charge < -0.3 is 20.5 Å². The molecule has 0 fully saturated rings. The molecule has 0 aromatic heterocycles. The third-order valence-corrected chi connectivity index (χ3v) is 4.24. The molecule has 0 heterocycles. The van der Waals surface area contributed by atoms with Gasteiger partial charge >= 0.3 is 5.97 Å². The number of rotatable bonds is 6. The van der Waals surface area contributed by atoms with Crippen molar-refractivity contribution >= 4 is 29.2 Å². The number of nitrogens with one attached hydrogen (secondary N) is 2. The fraction of sp³-hybridized carbons (Fsp3) is 0.0455. The van der Waals surface area contributed by atoms with Crippen LogP contribution in [0.25, 0.3) is 0 Å². The minimum absolute atomic E-state index is 0.0423. The van der Waals surface area contributed by atoms with E-state index in [1.54, 1.807) is 6.07 Å². The summed E-state index contributed by atoms with van der Waals surface area (Å²) in [5.74, 6) is -2.95. The maximum atomic E-state index is 13.9. The number of carbonyl (C=O) groups is 3. The van der Waals surface area contributed by atoms with Crippen molar-refractivity contribution in [3.05, 3.63) is 89.2 Å². The van der Waals surface area contributed by atoms with Crippen molar-refractivity contribution in [2.75, 3.05) is 17.7 Å². The van der Waals surface area contributed by atoms with E-state index in [1.165, 1.54) is 61.7 Å². The molecule has 2 amide bonds. The molecule has 0 bridgehead atoms. The van der Waals surface area contributed by atoms with Crippen LogP contribution in [0, 0.1) is 5.82 Å². The van der Waals surface area contributed by atoms with Gasteiger partial charge in [-0.2, -0.15) is 0 Å². The molecule has 0 saturated heterocycles. The number of aromatic carboxylic acids is 1. The lowest BCUT2D eigenvalue weighted by molar-refractivity contribution is 0.0697. The molecule has 0 radical (unpaired) electrons. The van der Waals surface area contributed by atoms with Crippen molar-refractivity contribution < 1.29 is 28.6 Å². The number of carboxylic acid groups (broad SMARTS) is 1. The van der Waals surface area contributed by atoms with Crippen molar-refractivity contribution in [3.8, 4) is 5.75 Å². The topological polar surface area (TPSA) is 105 Å². The molecule has 0 aliphatic carbocycles. The molecule has 0 unspecified atom stereocenters. The maximum absolute atomic E-state index is 13.9. The lowest BCUT2D eigenvalue weighted by Crippen LogP contribution is -2.20. The average Bonchev–Trinajstić information content (AvgIpc) is 2.74. The van der Waals surface area contributed by atoms with Crippen molar-refractivity contribution in [2.24, 2.45) is 0 Å². The lowest BCUT2D eigenvalue weighted by Gasteiger charge is -2.14. The first-order valence-corrected chi connectivity index (χ1v) is 8.78. The summed E-state index contributed by atoms with van der Waals surface area (Å²) in [6.45, 7) is 0. The second kappa shape index (κ2) is 8.87. The molecule has 3 aromatic rings. The molecule has 152 valence electrons. The quantitative estimate of drug-likeness (QED) is 0.571. The van der Waals surface area contributed by atoms with Gasteiger partial charge in [0.25, 0.3) is 11.8 Å². The first-order chi connectivity index (χ1) is 14.4. The molecular formula is C22H17FN2O5. The monoisotopic (exact) mass is 408 g/mol. The number of methoxy groups -OCH3 is 1. The minimum atomic E-state index is -1.20. The Kier molecular flexibility index (Phi) is 6.07. The van der Waals surface area contributed by atoms with Crippen LogP contribution in [-0.4, -0.2) is 30.0 Å². The summed E-state index contributed by atoms with van der Waals surface area (Å²) in [4.78, 5) is 36.7. The number of ether oxygens (including phenoxy) is 1. The van der Waals surface area contributed by atoms with Crippen molar-refractivity contribution in [1.82, 2.24) is 0 Å². The number of amides is 2. The number of hydrogen-bond acceptors (Lipinski definition) is 4. The number of para-hydroxylation sites is 1. The Morgan fingerprint density at radius 2 is 1.40 bits per heavy atom. The van der Waals surface area contributed by atoms with E-state index in [0.717, 1.165) is 6.07 Å². The molecule has 0 spiro atoms. The average molecular weight is 408 g/mol. The van der Waals surface area contributed by atoms with Crippen LogP contribution in [0.15, 0.2) is 66.7 Å². The number of halogens is 1. The summed E-state index contributed by atoms with van der Waals surface area (Å²) < 4.78 is 19.1. The zero-order valence-corrected chi connectivity index (χ0v) is 15.8. The fourth-order valence-corrected chi connectivity index (χ4v) is 2.76. The van der Waals surface area contributed by atoms with Crippen LogP contribution in [0.1, 0.15) is 31.1 Å². The summed E-state index contributed by atoms with van der Waals surface area (Å²) >= 11 is 0. The molecule has 0 atom stereocenters. The smallest absolute Gasteiger partial charge is 0.337 e. The first-order valence-electron chi connectivity index (χ1n) is 8.78. The fourth-order valence-electron chi connectivity index (χ4n) is 2.76. The van der Waals surface area contributed by atoms with E-state index in [4.69, 9.17) is 4.74 Å². The second-order valence-electron chi connectivity index (χ2n) is 6.15. The first kappa shape index (κ1) is 20.5. The molecule has 7 nitrogen and oxygen atoms in total. The zero-order valence-electron chi connectivity index (χ0n) is 15.8.